The molecule has 1 aliphatic heterocycles. The predicted molar refractivity (Wildman–Crippen MR) is 123 cm³/mol. The first kappa shape index (κ1) is 19.7. The molecule has 0 radical (unpaired) electrons. The summed E-state index contributed by atoms with van der Waals surface area (Å²) in [5.74, 6) is 0.721. The van der Waals surface area contributed by atoms with Crippen LogP contribution in [-0.2, 0) is 16.7 Å². The molecule has 0 atom stereocenters. The van der Waals surface area contributed by atoms with Gasteiger partial charge in [-0.05, 0) is 36.6 Å². The lowest BCUT2D eigenvalue weighted by atomic mass is 10.1. The summed E-state index contributed by atoms with van der Waals surface area (Å²) in [7, 11) is 0. The highest BCUT2D eigenvalue weighted by atomic mass is 35.5. The summed E-state index contributed by atoms with van der Waals surface area (Å²) in [4.78, 5) is 25.4. The smallest absolute Gasteiger partial charge is 0.351 e. The SMILES string of the molecule is CC1(c2nc3c4ncc(N5CCOCC5)cc4n(Cc4ccc(Cl)cc4)c(=O)n3n2)CC1. The van der Waals surface area contributed by atoms with Crippen LogP contribution in [0.15, 0.2) is 41.3 Å². The Balaban J connectivity index is 1.57. The van der Waals surface area contributed by atoms with E-state index in [1.54, 1.807) is 4.57 Å². The highest BCUT2D eigenvalue weighted by Crippen LogP contribution is 2.46. The Morgan fingerprint density at radius 1 is 1.16 bits per heavy atom. The molecule has 3 aromatic heterocycles. The number of hydrogen-bond donors (Lipinski definition) is 0. The average molecular weight is 451 g/mol. The van der Waals surface area contributed by atoms with Crippen molar-refractivity contribution in [2.24, 2.45) is 0 Å². The summed E-state index contributed by atoms with van der Waals surface area (Å²) in [5.41, 5.74) is 3.64. The van der Waals surface area contributed by atoms with Gasteiger partial charge >= 0.3 is 5.69 Å². The normalized spacial score (nSPS) is 17.9. The van der Waals surface area contributed by atoms with E-state index in [0.717, 1.165) is 48.5 Å². The van der Waals surface area contributed by atoms with Crippen molar-refractivity contribution in [3.05, 3.63) is 63.4 Å². The Kier molecular flexibility index (Phi) is 4.48. The zero-order valence-electron chi connectivity index (χ0n) is 17.8. The largest absolute Gasteiger partial charge is 0.378 e. The first-order valence-electron chi connectivity index (χ1n) is 10.9. The zero-order valence-corrected chi connectivity index (χ0v) is 18.5. The molecular formula is C23H23ClN6O2. The average Bonchev–Trinajstić information content (AvgIpc) is 3.40. The molecule has 164 valence electrons. The number of fused-ring (bicyclic) bond motifs is 3. The lowest BCUT2D eigenvalue weighted by Crippen LogP contribution is -2.36. The van der Waals surface area contributed by atoms with Crippen molar-refractivity contribution in [1.29, 1.82) is 0 Å². The van der Waals surface area contributed by atoms with Gasteiger partial charge in [0.15, 0.2) is 11.5 Å². The van der Waals surface area contributed by atoms with Crippen molar-refractivity contribution in [2.75, 3.05) is 31.2 Å². The molecule has 1 aliphatic carbocycles. The van der Waals surface area contributed by atoms with Crippen LogP contribution in [0.1, 0.15) is 31.2 Å². The Bertz CT molecular complexity index is 1380. The van der Waals surface area contributed by atoms with E-state index in [2.05, 4.69) is 16.9 Å². The number of benzene rings is 1. The fraction of sp³-hybridized carbons (Fsp3) is 0.391. The first-order chi connectivity index (χ1) is 15.5. The van der Waals surface area contributed by atoms with Gasteiger partial charge in [-0.2, -0.15) is 4.52 Å². The van der Waals surface area contributed by atoms with Gasteiger partial charge in [-0.25, -0.2) is 14.8 Å². The molecule has 8 nitrogen and oxygen atoms in total. The molecule has 32 heavy (non-hydrogen) atoms. The first-order valence-corrected chi connectivity index (χ1v) is 11.3. The van der Waals surface area contributed by atoms with Crippen LogP contribution < -0.4 is 10.6 Å². The van der Waals surface area contributed by atoms with E-state index in [1.807, 2.05) is 36.5 Å². The number of pyridine rings is 1. The molecule has 1 saturated heterocycles. The Labute approximate surface area is 189 Å². The molecule has 9 heteroatoms. The second-order valence-corrected chi connectivity index (χ2v) is 9.32. The van der Waals surface area contributed by atoms with Gasteiger partial charge in [-0.3, -0.25) is 4.57 Å². The molecule has 2 fully saturated rings. The Hall–Kier alpha value is -2.97. The maximum atomic E-state index is 13.6. The topological polar surface area (TPSA) is 77.5 Å². The number of morpholine rings is 1. The maximum absolute atomic E-state index is 13.6. The molecule has 0 spiro atoms. The number of anilines is 1. The minimum atomic E-state index is -0.216. The van der Waals surface area contributed by atoms with Gasteiger partial charge in [-0.1, -0.05) is 30.7 Å². The van der Waals surface area contributed by atoms with Crippen molar-refractivity contribution < 1.29 is 4.74 Å². The molecule has 0 unspecified atom stereocenters. The monoisotopic (exact) mass is 450 g/mol. The zero-order chi connectivity index (χ0) is 21.9. The van der Waals surface area contributed by atoms with Crippen LogP contribution in [0.3, 0.4) is 0 Å². The molecule has 0 N–H and O–H groups in total. The highest BCUT2D eigenvalue weighted by Gasteiger charge is 2.43. The lowest BCUT2D eigenvalue weighted by Gasteiger charge is -2.28. The molecule has 0 bridgehead atoms. The van der Waals surface area contributed by atoms with Crippen molar-refractivity contribution in [3.8, 4) is 0 Å². The molecule has 1 saturated carbocycles. The van der Waals surface area contributed by atoms with Crippen LogP contribution in [0.5, 0.6) is 0 Å². The second-order valence-electron chi connectivity index (χ2n) is 8.89. The van der Waals surface area contributed by atoms with Crippen molar-refractivity contribution in [3.63, 3.8) is 0 Å². The number of nitrogens with zero attached hydrogens (tertiary/aromatic N) is 6. The summed E-state index contributed by atoms with van der Waals surface area (Å²) >= 11 is 6.06. The van der Waals surface area contributed by atoms with Crippen molar-refractivity contribution in [2.45, 2.75) is 31.7 Å². The Morgan fingerprint density at radius 2 is 1.91 bits per heavy atom. The van der Waals surface area contributed by atoms with E-state index in [1.165, 1.54) is 4.52 Å². The van der Waals surface area contributed by atoms with Crippen molar-refractivity contribution in [1.82, 2.24) is 24.1 Å². The summed E-state index contributed by atoms with van der Waals surface area (Å²) in [6.45, 7) is 5.49. The molecule has 4 heterocycles. The number of rotatable bonds is 4. The lowest BCUT2D eigenvalue weighted by molar-refractivity contribution is 0.122. The van der Waals surface area contributed by atoms with Gasteiger partial charge in [0.05, 0.1) is 37.2 Å². The Morgan fingerprint density at radius 3 is 2.62 bits per heavy atom. The van der Waals surface area contributed by atoms with Crippen LogP contribution in [-0.4, -0.2) is 50.5 Å². The van der Waals surface area contributed by atoms with Gasteiger partial charge in [0, 0.05) is 23.5 Å². The minimum Gasteiger partial charge on any atom is -0.378 e. The molecule has 1 aromatic carbocycles. The van der Waals surface area contributed by atoms with E-state index >= 15 is 0 Å². The van der Waals surface area contributed by atoms with Crippen LogP contribution in [0.2, 0.25) is 5.02 Å². The number of hydrogen-bond acceptors (Lipinski definition) is 6. The molecule has 2 aliphatic rings. The fourth-order valence-corrected chi connectivity index (χ4v) is 4.35. The third-order valence-corrected chi connectivity index (χ3v) is 6.80. The standard InChI is InChI=1S/C23H23ClN6O2/c1-23(6-7-23)21-26-20-19-18(12-17(13-25-19)28-8-10-32-11-9-28)29(22(31)30(20)27-21)14-15-2-4-16(24)5-3-15/h2-5,12-13H,6-11,14H2,1H3. The number of halogens is 1. The van der Waals surface area contributed by atoms with Crippen LogP contribution >= 0.6 is 11.6 Å². The van der Waals surface area contributed by atoms with Crippen LogP contribution in [0.4, 0.5) is 5.69 Å². The van der Waals surface area contributed by atoms with E-state index in [-0.39, 0.29) is 11.1 Å². The van der Waals surface area contributed by atoms with Gasteiger partial charge in [0.2, 0.25) is 0 Å². The second kappa shape index (κ2) is 7.28. The third-order valence-electron chi connectivity index (χ3n) is 6.54. The van der Waals surface area contributed by atoms with Gasteiger partial charge in [0.1, 0.15) is 5.52 Å². The van der Waals surface area contributed by atoms with Gasteiger partial charge in [-0.15, -0.1) is 5.10 Å². The minimum absolute atomic E-state index is 0.0421. The fourth-order valence-electron chi connectivity index (χ4n) is 4.22. The summed E-state index contributed by atoms with van der Waals surface area (Å²) in [6.07, 6.45) is 3.93. The third kappa shape index (κ3) is 3.25. The van der Waals surface area contributed by atoms with Crippen molar-refractivity contribution >= 4 is 34.0 Å². The molecule has 6 rings (SSSR count). The van der Waals surface area contributed by atoms with E-state index in [4.69, 9.17) is 26.3 Å². The summed E-state index contributed by atoms with van der Waals surface area (Å²) < 4.78 is 8.64. The van der Waals surface area contributed by atoms with E-state index < -0.39 is 0 Å². The molecule has 0 amide bonds. The summed E-state index contributed by atoms with van der Waals surface area (Å²) in [6, 6.07) is 9.57. The number of aromatic nitrogens is 5. The predicted octanol–water partition coefficient (Wildman–Crippen LogP) is 3.03. The number of ether oxygens (including phenoxy) is 1. The van der Waals surface area contributed by atoms with Crippen LogP contribution in [0, 0.1) is 0 Å². The van der Waals surface area contributed by atoms with Crippen LogP contribution in [0.25, 0.3) is 16.7 Å². The van der Waals surface area contributed by atoms with E-state index in [9.17, 15) is 4.79 Å². The molecule has 4 aromatic rings. The molecular weight excluding hydrogens is 428 g/mol. The van der Waals surface area contributed by atoms with Gasteiger partial charge in [0.25, 0.3) is 0 Å². The highest BCUT2D eigenvalue weighted by molar-refractivity contribution is 6.30. The van der Waals surface area contributed by atoms with E-state index in [0.29, 0.717) is 35.9 Å². The summed E-state index contributed by atoms with van der Waals surface area (Å²) in [5, 5.41) is 5.27. The quantitative estimate of drug-likeness (QED) is 0.475. The van der Waals surface area contributed by atoms with Gasteiger partial charge < -0.3 is 9.64 Å². The maximum Gasteiger partial charge on any atom is 0.351 e.